The molecule has 1 atom stereocenters. The zero-order chi connectivity index (χ0) is 20.3. The summed E-state index contributed by atoms with van der Waals surface area (Å²) < 4.78 is 6.13. The summed E-state index contributed by atoms with van der Waals surface area (Å²) >= 11 is 2.68. The standard InChI is InChI=1S/C20H21N3O3S2/c1-11(13-4-5-15-9-16(26-3)7-6-14(15)8-13)18(25)23-20-22-12(2)19(28-20)27-10-17(21)24/h4-9,11H,10H2,1-3H3,(H2,21,24)(H,22,23,25)/t11-/m0/s1. The Morgan fingerprint density at radius 2 is 1.96 bits per heavy atom. The molecule has 0 saturated heterocycles. The number of rotatable bonds is 7. The fourth-order valence-corrected chi connectivity index (χ4v) is 4.59. The summed E-state index contributed by atoms with van der Waals surface area (Å²) in [5.41, 5.74) is 6.89. The third-order valence-corrected chi connectivity index (χ3v) is 6.75. The second kappa shape index (κ2) is 8.62. The molecule has 0 aliphatic carbocycles. The number of nitrogens with two attached hydrogens (primary N) is 1. The summed E-state index contributed by atoms with van der Waals surface area (Å²) in [6, 6.07) is 11.8. The quantitative estimate of drug-likeness (QED) is 0.570. The Labute approximate surface area is 171 Å². The lowest BCUT2D eigenvalue weighted by Gasteiger charge is -2.12. The number of amides is 2. The lowest BCUT2D eigenvalue weighted by atomic mass is 9.97. The number of benzene rings is 2. The first kappa shape index (κ1) is 20.2. The van der Waals surface area contributed by atoms with Crippen LogP contribution in [0.2, 0.25) is 0 Å². The van der Waals surface area contributed by atoms with Crippen molar-refractivity contribution < 1.29 is 14.3 Å². The monoisotopic (exact) mass is 415 g/mol. The first-order valence-electron chi connectivity index (χ1n) is 8.64. The van der Waals surface area contributed by atoms with Crippen molar-refractivity contribution in [1.82, 2.24) is 4.98 Å². The minimum atomic E-state index is -0.383. The van der Waals surface area contributed by atoms with Gasteiger partial charge in [0.05, 0.1) is 28.7 Å². The van der Waals surface area contributed by atoms with Crippen LogP contribution in [0, 0.1) is 6.92 Å². The van der Waals surface area contributed by atoms with Gasteiger partial charge >= 0.3 is 0 Å². The molecule has 0 fully saturated rings. The number of ether oxygens (including phenoxy) is 1. The van der Waals surface area contributed by atoms with Gasteiger partial charge in [-0.15, -0.1) is 11.8 Å². The maximum Gasteiger partial charge on any atom is 0.233 e. The van der Waals surface area contributed by atoms with Gasteiger partial charge in [-0.05, 0) is 42.3 Å². The molecule has 8 heteroatoms. The Kier molecular flexibility index (Phi) is 6.21. The van der Waals surface area contributed by atoms with E-state index < -0.39 is 0 Å². The smallest absolute Gasteiger partial charge is 0.233 e. The number of methoxy groups -OCH3 is 1. The van der Waals surface area contributed by atoms with Gasteiger partial charge < -0.3 is 15.8 Å². The van der Waals surface area contributed by atoms with E-state index in [0.29, 0.717) is 5.13 Å². The number of fused-ring (bicyclic) bond motifs is 1. The molecule has 0 unspecified atom stereocenters. The van der Waals surface area contributed by atoms with Gasteiger partial charge in [0.2, 0.25) is 11.8 Å². The molecule has 3 aromatic rings. The van der Waals surface area contributed by atoms with Crippen LogP contribution >= 0.6 is 23.1 Å². The van der Waals surface area contributed by atoms with Crippen LogP contribution in [0.1, 0.15) is 24.1 Å². The highest BCUT2D eigenvalue weighted by molar-refractivity contribution is 8.01. The lowest BCUT2D eigenvalue weighted by Crippen LogP contribution is -2.18. The first-order chi connectivity index (χ1) is 13.4. The van der Waals surface area contributed by atoms with E-state index in [1.54, 1.807) is 7.11 Å². The molecule has 146 valence electrons. The summed E-state index contributed by atoms with van der Waals surface area (Å²) in [6.07, 6.45) is 0. The molecule has 3 rings (SSSR count). The van der Waals surface area contributed by atoms with Gasteiger partial charge in [0.1, 0.15) is 5.75 Å². The number of carbonyl (C=O) groups excluding carboxylic acids is 2. The van der Waals surface area contributed by atoms with E-state index in [4.69, 9.17) is 10.5 Å². The number of nitrogens with one attached hydrogen (secondary N) is 1. The fraction of sp³-hybridized carbons (Fsp3) is 0.250. The van der Waals surface area contributed by atoms with Gasteiger partial charge in [-0.3, -0.25) is 9.59 Å². The molecule has 0 bridgehead atoms. The molecule has 0 aliphatic rings. The van der Waals surface area contributed by atoms with Gasteiger partial charge in [0.15, 0.2) is 5.13 Å². The van der Waals surface area contributed by atoms with Crippen molar-refractivity contribution in [2.75, 3.05) is 18.2 Å². The lowest BCUT2D eigenvalue weighted by molar-refractivity contribution is -0.117. The average Bonchev–Trinajstić information content (AvgIpc) is 3.03. The number of carbonyl (C=O) groups is 2. The molecule has 1 heterocycles. The van der Waals surface area contributed by atoms with Crippen LogP contribution in [0.5, 0.6) is 5.75 Å². The molecule has 2 amide bonds. The molecule has 0 spiro atoms. The van der Waals surface area contributed by atoms with Gasteiger partial charge in [0, 0.05) is 0 Å². The van der Waals surface area contributed by atoms with E-state index >= 15 is 0 Å². The first-order valence-corrected chi connectivity index (χ1v) is 10.4. The second-order valence-electron chi connectivity index (χ2n) is 6.33. The number of aromatic nitrogens is 1. The molecule has 0 radical (unpaired) electrons. The van der Waals surface area contributed by atoms with Crippen molar-refractivity contribution in [3.63, 3.8) is 0 Å². The van der Waals surface area contributed by atoms with Crippen LogP contribution in [0.3, 0.4) is 0 Å². The van der Waals surface area contributed by atoms with E-state index in [9.17, 15) is 9.59 Å². The van der Waals surface area contributed by atoms with Crippen LogP contribution in [0.15, 0.2) is 40.6 Å². The highest BCUT2D eigenvalue weighted by Crippen LogP contribution is 2.33. The van der Waals surface area contributed by atoms with Crippen LogP contribution in [-0.4, -0.2) is 29.7 Å². The zero-order valence-corrected chi connectivity index (χ0v) is 17.4. The highest BCUT2D eigenvalue weighted by Gasteiger charge is 2.18. The molecular weight excluding hydrogens is 394 g/mol. The van der Waals surface area contributed by atoms with Crippen LogP contribution in [0.25, 0.3) is 10.8 Å². The number of anilines is 1. The van der Waals surface area contributed by atoms with E-state index in [1.807, 2.05) is 50.2 Å². The van der Waals surface area contributed by atoms with Crippen molar-refractivity contribution in [3.05, 3.63) is 47.7 Å². The van der Waals surface area contributed by atoms with E-state index in [2.05, 4.69) is 10.3 Å². The summed E-state index contributed by atoms with van der Waals surface area (Å²) in [7, 11) is 1.64. The highest BCUT2D eigenvalue weighted by atomic mass is 32.2. The average molecular weight is 416 g/mol. The third-order valence-electron chi connectivity index (χ3n) is 4.29. The number of thiazole rings is 1. The Bertz CT molecular complexity index is 1030. The SMILES string of the molecule is COc1ccc2cc([C@H](C)C(=O)Nc3nc(C)c(SCC(N)=O)s3)ccc2c1. The predicted molar refractivity (Wildman–Crippen MR) is 114 cm³/mol. The normalized spacial score (nSPS) is 12.0. The Balaban J connectivity index is 1.73. The summed E-state index contributed by atoms with van der Waals surface area (Å²) in [6.45, 7) is 3.71. The summed E-state index contributed by atoms with van der Waals surface area (Å²) in [5.74, 6) is 0.140. The number of thioether (sulfide) groups is 1. The van der Waals surface area contributed by atoms with E-state index in [0.717, 1.165) is 32.0 Å². The summed E-state index contributed by atoms with van der Waals surface area (Å²) in [5, 5.41) is 5.50. The number of hydrogen-bond donors (Lipinski definition) is 2. The molecule has 0 aliphatic heterocycles. The minimum absolute atomic E-state index is 0.131. The van der Waals surface area contributed by atoms with Crippen LogP contribution < -0.4 is 15.8 Å². The largest absolute Gasteiger partial charge is 0.497 e. The Morgan fingerprint density at radius 3 is 2.68 bits per heavy atom. The maximum atomic E-state index is 12.7. The zero-order valence-electron chi connectivity index (χ0n) is 15.8. The van der Waals surface area contributed by atoms with E-state index in [-0.39, 0.29) is 23.5 Å². The molecule has 2 aromatic carbocycles. The Morgan fingerprint density at radius 1 is 1.25 bits per heavy atom. The van der Waals surface area contributed by atoms with Gasteiger partial charge in [-0.25, -0.2) is 4.98 Å². The second-order valence-corrected chi connectivity index (χ2v) is 8.57. The topological polar surface area (TPSA) is 94.3 Å². The van der Waals surface area contributed by atoms with E-state index in [1.165, 1.54) is 23.1 Å². The van der Waals surface area contributed by atoms with Crippen molar-refractivity contribution in [2.45, 2.75) is 24.0 Å². The number of hydrogen-bond acceptors (Lipinski definition) is 6. The predicted octanol–water partition coefficient (Wildman–Crippen LogP) is 3.93. The number of primary amides is 1. The van der Waals surface area contributed by atoms with Crippen molar-refractivity contribution in [2.24, 2.45) is 5.73 Å². The maximum absolute atomic E-state index is 12.7. The van der Waals surface area contributed by atoms with Gasteiger partial charge in [-0.2, -0.15) is 0 Å². The summed E-state index contributed by atoms with van der Waals surface area (Å²) in [4.78, 5) is 28.0. The third kappa shape index (κ3) is 4.63. The molecule has 0 saturated carbocycles. The molecule has 6 nitrogen and oxygen atoms in total. The fourth-order valence-electron chi connectivity index (χ4n) is 2.71. The number of nitrogens with zero attached hydrogens (tertiary/aromatic N) is 1. The molecule has 3 N–H and O–H groups in total. The number of aryl methyl sites for hydroxylation is 1. The van der Waals surface area contributed by atoms with Crippen LogP contribution in [-0.2, 0) is 9.59 Å². The van der Waals surface area contributed by atoms with Gasteiger partial charge in [-0.1, -0.05) is 35.6 Å². The van der Waals surface area contributed by atoms with Crippen molar-refractivity contribution >= 4 is 50.8 Å². The minimum Gasteiger partial charge on any atom is -0.497 e. The molecule has 1 aromatic heterocycles. The molecule has 28 heavy (non-hydrogen) atoms. The van der Waals surface area contributed by atoms with Crippen LogP contribution in [0.4, 0.5) is 5.13 Å². The van der Waals surface area contributed by atoms with Crippen molar-refractivity contribution in [1.29, 1.82) is 0 Å². The molecular formula is C20H21N3O3S2. The van der Waals surface area contributed by atoms with Crippen molar-refractivity contribution in [3.8, 4) is 5.75 Å². The van der Waals surface area contributed by atoms with Gasteiger partial charge in [0.25, 0.3) is 0 Å². The Hall–Kier alpha value is -2.58.